The zero-order valence-corrected chi connectivity index (χ0v) is 29.5. The van der Waals surface area contributed by atoms with E-state index in [4.69, 9.17) is 4.74 Å². The maximum Gasteiger partial charge on any atom is 0.264 e. The molecule has 1 spiro atoms. The molecule has 0 saturated carbocycles. The first-order valence-electron chi connectivity index (χ1n) is 15.8. The van der Waals surface area contributed by atoms with Gasteiger partial charge in [-0.25, -0.2) is 0 Å². The number of fused-ring (bicyclic) bond motifs is 2. The number of halogens is 2. The molecule has 0 bridgehead atoms. The van der Waals surface area contributed by atoms with E-state index in [9.17, 15) is 24.6 Å². The monoisotopic (exact) mass is 725 g/mol. The Hall–Kier alpha value is -3.42. The van der Waals surface area contributed by atoms with Gasteiger partial charge in [0.1, 0.15) is 6.10 Å². The van der Waals surface area contributed by atoms with Crippen LogP contribution in [0.25, 0.3) is 0 Å². The molecule has 9 nitrogen and oxygen atoms in total. The number of hydrogen-bond acceptors (Lipinski definition) is 6. The number of anilines is 2. The quantitative estimate of drug-likeness (QED) is 0.178. The second-order valence-corrected chi connectivity index (χ2v) is 17.6. The van der Waals surface area contributed by atoms with Gasteiger partial charge in [0.2, 0.25) is 14.3 Å². The third kappa shape index (κ3) is 7.07. The van der Waals surface area contributed by atoms with E-state index in [1.54, 1.807) is 41.1 Å². The van der Waals surface area contributed by atoms with Crippen molar-refractivity contribution in [1.29, 1.82) is 0 Å². The second kappa shape index (κ2) is 14.0. The molecule has 2 aliphatic heterocycles. The molecule has 250 valence electrons. The highest BCUT2D eigenvalue weighted by molar-refractivity contribution is 9.10. The summed E-state index contributed by atoms with van der Waals surface area (Å²) in [5.74, 6) is -1.76. The van der Waals surface area contributed by atoms with E-state index in [0.717, 1.165) is 15.6 Å². The lowest BCUT2D eigenvalue weighted by atomic mass is 9.82. The van der Waals surface area contributed by atoms with E-state index in [2.05, 4.69) is 21.2 Å². The molecular formula is C35H41BrFN3O6Si. The van der Waals surface area contributed by atoms with Crippen molar-refractivity contribution in [3.05, 3.63) is 94.0 Å². The SMILES string of the molecule is C[C@H](O)C(=O)Nc1cccc(CN2C(=O)[C@]3(O[C@H](CC(=O)N(CCO)Cc4ccccc4)[C@@H]([Si](C)(C)F)[C@@H]3C)c3cc(Br)ccc32)c1. The van der Waals surface area contributed by atoms with Gasteiger partial charge in [0.05, 0.1) is 31.4 Å². The summed E-state index contributed by atoms with van der Waals surface area (Å²) in [7, 11) is -3.52. The molecule has 47 heavy (non-hydrogen) atoms. The number of carbonyl (C=O) groups excluding carboxylic acids is 3. The highest BCUT2D eigenvalue weighted by atomic mass is 79.9. The summed E-state index contributed by atoms with van der Waals surface area (Å²) in [5, 5.41) is 22.0. The van der Waals surface area contributed by atoms with E-state index in [0.29, 0.717) is 16.9 Å². The smallest absolute Gasteiger partial charge is 0.264 e. The number of nitrogens with one attached hydrogen (secondary N) is 1. The lowest BCUT2D eigenvalue weighted by Gasteiger charge is -2.31. The van der Waals surface area contributed by atoms with Crippen LogP contribution in [0.2, 0.25) is 18.6 Å². The molecule has 3 aromatic carbocycles. The van der Waals surface area contributed by atoms with Gasteiger partial charge in [-0.05, 0) is 61.5 Å². The van der Waals surface area contributed by atoms with Crippen LogP contribution >= 0.6 is 15.9 Å². The second-order valence-electron chi connectivity index (χ2n) is 12.9. The fourth-order valence-corrected chi connectivity index (χ4v) is 9.93. The number of hydrogen-bond donors (Lipinski definition) is 3. The molecular weight excluding hydrogens is 685 g/mol. The first-order chi connectivity index (χ1) is 22.3. The molecule has 0 unspecified atom stereocenters. The normalized spacial score (nSPS) is 22.8. The first kappa shape index (κ1) is 34.9. The zero-order chi connectivity index (χ0) is 34.1. The Morgan fingerprint density at radius 3 is 2.47 bits per heavy atom. The van der Waals surface area contributed by atoms with Gasteiger partial charge in [-0.1, -0.05) is 65.3 Å². The summed E-state index contributed by atoms with van der Waals surface area (Å²) in [6, 6.07) is 22.0. The van der Waals surface area contributed by atoms with E-state index < -0.39 is 43.6 Å². The fraction of sp³-hybridized carbons (Fsp3) is 0.400. The molecule has 1 saturated heterocycles. The van der Waals surface area contributed by atoms with Crippen LogP contribution in [0.4, 0.5) is 15.5 Å². The van der Waals surface area contributed by atoms with Crippen LogP contribution in [0, 0.1) is 5.92 Å². The Morgan fingerprint density at radius 2 is 1.81 bits per heavy atom. The van der Waals surface area contributed by atoms with Crippen LogP contribution in [0.3, 0.4) is 0 Å². The van der Waals surface area contributed by atoms with Gasteiger partial charge in [-0.2, -0.15) is 0 Å². The van der Waals surface area contributed by atoms with E-state index in [1.165, 1.54) is 6.92 Å². The van der Waals surface area contributed by atoms with Gasteiger partial charge in [0.25, 0.3) is 11.8 Å². The molecule has 2 heterocycles. The molecule has 12 heteroatoms. The minimum Gasteiger partial charge on any atom is -0.395 e. The predicted molar refractivity (Wildman–Crippen MR) is 184 cm³/mol. The number of rotatable bonds is 11. The van der Waals surface area contributed by atoms with Crippen molar-refractivity contribution in [1.82, 2.24) is 4.90 Å². The maximum atomic E-state index is 16.3. The molecule has 5 rings (SSSR count). The molecule has 3 amide bonds. The largest absolute Gasteiger partial charge is 0.395 e. The van der Waals surface area contributed by atoms with Crippen molar-refractivity contribution in [2.75, 3.05) is 23.4 Å². The van der Waals surface area contributed by atoms with Crippen molar-refractivity contribution < 1.29 is 33.4 Å². The standard InChI is InChI=1S/C35H41BrFN3O6Si/c1-22-32(47(3,4)37)30(19-31(43)39(15-16-41)20-24-9-6-5-7-10-24)46-35(22)28-18-26(36)13-14-29(28)40(34(35)45)21-25-11-8-12-27(17-25)38-33(44)23(2)42/h5-14,17-18,22-23,30,32,41-42H,15-16,19-21H2,1-4H3,(H,38,44)/t22-,23-,30+,32-,35+/m0/s1. The number of amides is 3. The number of ether oxygens (including phenoxy) is 1. The Labute approximate surface area is 284 Å². The molecule has 0 aliphatic carbocycles. The van der Waals surface area contributed by atoms with Crippen LogP contribution in [0.1, 0.15) is 37.0 Å². The molecule has 3 N–H and O–H groups in total. The lowest BCUT2D eigenvalue weighted by molar-refractivity contribution is -0.150. The molecule has 0 radical (unpaired) electrons. The molecule has 3 aromatic rings. The Kier molecular flexibility index (Phi) is 10.4. The van der Waals surface area contributed by atoms with Crippen LogP contribution < -0.4 is 10.2 Å². The summed E-state index contributed by atoms with van der Waals surface area (Å²) < 4.78 is 23.8. The molecule has 0 aromatic heterocycles. The number of benzene rings is 3. The van der Waals surface area contributed by atoms with Crippen molar-refractivity contribution in [3.63, 3.8) is 0 Å². The van der Waals surface area contributed by atoms with Gasteiger partial charge in [0, 0.05) is 40.3 Å². The highest BCUT2D eigenvalue weighted by Gasteiger charge is 2.67. The van der Waals surface area contributed by atoms with Gasteiger partial charge in [0.15, 0.2) is 5.60 Å². The third-order valence-electron chi connectivity index (χ3n) is 9.15. The van der Waals surface area contributed by atoms with Crippen LogP contribution in [-0.2, 0) is 37.8 Å². The average molecular weight is 727 g/mol. The first-order valence-corrected chi connectivity index (χ1v) is 19.5. The minimum atomic E-state index is -3.52. The van der Waals surface area contributed by atoms with E-state index >= 15 is 4.11 Å². The predicted octanol–water partition coefficient (Wildman–Crippen LogP) is 5.50. The summed E-state index contributed by atoms with van der Waals surface area (Å²) in [5.41, 5.74) is 1.14. The van der Waals surface area contributed by atoms with Gasteiger partial charge in [-0.3, -0.25) is 14.4 Å². The summed E-state index contributed by atoms with van der Waals surface area (Å²) in [4.78, 5) is 43.8. The van der Waals surface area contributed by atoms with Crippen LogP contribution in [0.15, 0.2) is 77.3 Å². The molecule has 1 fully saturated rings. The Bertz CT molecular complexity index is 1640. The lowest BCUT2D eigenvalue weighted by Crippen LogP contribution is -2.45. The van der Waals surface area contributed by atoms with Crippen molar-refractivity contribution in [3.8, 4) is 0 Å². The minimum absolute atomic E-state index is 0.113. The summed E-state index contributed by atoms with van der Waals surface area (Å²) in [6.45, 7) is 6.73. The number of aliphatic hydroxyl groups excluding tert-OH is 2. The highest BCUT2D eigenvalue weighted by Crippen LogP contribution is 2.60. The topological polar surface area (TPSA) is 119 Å². The van der Waals surface area contributed by atoms with E-state index in [1.807, 2.05) is 61.5 Å². The van der Waals surface area contributed by atoms with Crippen molar-refractivity contribution >= 4 is 53.4 Å². The third-order valence-corrected chi connectivity index (χ3v) is 12.1. The Morgan fingerprint density at radius 1 is 1.11 bits per heavy atom. The van der Waals surface area contributed by atoms with Gasteiger partial charge in [-0.15, -0.1) is 0 Å². The zero-order valence-electron chi connectivity index (χ0n) is 27.0. The van der Waals surface area contributed by atoms with Crippen molar-refractivity contribution in [2.24, 2.45) is 5.92 Å². The maximum absolute atomic E-state index is 16.3. The number of nitrogens with zero attached hydrogens (tertiary/aromatic N) is 2. The Balaban J connectivity index is 1.48. The van der Waals surface area contributed by atoms with E-state index in [-0.39, 0.29) is 44.5 Å². The average Bonchev–Trinajstić information content (AvgIpc) is 3.43. The molecule has 5 atom stereocenters. The summed E-state index contributed by atoms with van der Waals surface area (Å²) >= 11 is 3.55. The molecule has 2 aliphatic rings. The van der Waals surface area contributed by atoms with Crippen molar-refractivity contribution in [2.45, 2.75) is 69.8 Å². The fourth-order valence-electron chi connectivity index (χ4n) is 7.07. The van der Waals surface area contributed by atoms with Gasteiger partial charge >= 0.3 is 0 Å². The number of aliphatic hydroxyl groups is 2. The van der Waals surface area contributed by atoms with Crippen LogP contribution in [-0.4, -0.2) is 66.6 Å². The summed E-state index contributed by atoms with van der Waals surface area (Å²) in [6.07, 6.45) is -2.18. The van der Waals surface area contributed by atoms with Gasteiger partial charge < -0.3 is 34.2 Å². The number of carbonyl (C=O) groups is 3. The van der Waals surface area contributed by atoms with Crippen LogP contribution in [0.5, 0.6) is 0 Å².